The Kier molecular flexibility index (Phi) is 5.07. The Hall–Kier alpha value is -3.20. The number of thioether (sulfide) groups is 1. The third-order valence-corrected chi connectivity index (χ3v) is 5.35. The van der Waals surface area contributed by atoms with Crippen LogP contribution in [0.15, 0.2) is 58.2 Å². The first-order chi connectivity index (χ1) is 13.6. The summed E-state index contributed by atoms with van der Waals surface area (Å²) < 4.78 is 10.6. The molecule has 0 fully saturated rings. The number of nitrogens with one attached hydrogen (secondary N) is 1. The molecule has 9 heteroatoms. The van der Waals surface area contributed by atoms with E-state index in [1.165, 1.54) is 11.8 Å². The lowest BCUT2D eigenvalue weighted by Crippen LogP contribution is -2.31. The Morgan fingerprint density at radius 2 is 2.18 bits per heavy atom. The van der Waals surface area contributed by atoms with Gasteiger partial charge in [-0.2, -0.15) is 4.98 Å². The minimum Gasteiger partial charge on any atom is -0.452 e. The van der Waals surface area contributed by atoms with Crippen molar-refractivity contribution >= 4 is 29.3 Å². The average Bonchev–Trinajstić information content (AvgIpc) is 3.20. The number of carbonyl (C=O) groups is 2. The number of benzene rings is 1. The van der Waals surface area contributed by atoms with Crippen molar-refractivity contribution in [1.82, 2.24) is 15.1 Å². The molecule has 1 amide bonds. The van der Waals surface area contributed by atoms with Gasteiger partial charge >= 0.3 is 5.97 Å². The van der Waals surface area contributed by atoms with Gasteiger partial charge in [0.1, 0.15) is 0 Å². The maximum atomic E-state index is 12.3. The number of hydrogen-bond acceptors (Lipinski definition) is 8. The summed E-state index contributed by atoms with van der Waals surface area (Å²) in [5, 5.41) is 6.14. The molecule has 3 heterocycles. The zero-order valence-electron chi connectivity index (χ0n) is 14.9. The fraction of sp³-hybridized carbons (Fsp3) is 0.211. The Bertz CT molecular complexity index is 1010. The van der Waals surface area contributed by atoms with Gasteiger partial charge in [0.2, 0.25) is 11.7 Å². The van der Waals surface area contributed by atoms with Gasteiger partial charge in [-0.1, -0.05) is 17.3 Å². The van der Waals surface area contributed by atoms with Crippen molar-refractivity contribution in [1.29, 1.82) is 0 Å². The van der Waals surface area contributed by atoms with E-state index < -0.39 is 17.3 Å². The molecule has 4 rings (SSSR count). The summed E-state index contributed by atoms with van der Waals surface area (Å²) in [7, 11) is 0. The SMILES string of the molecule is CC(OC(=O)CC1Sc2ccccc2NC1=O)c1nc(-c2cccnc2)no1. The molecular formula is C19H16N4O4S. The molecular weight excluding hydrogens is 380 g/mol. The summed E-state index contributed by atoms with van der Waals surface area (Å²) in [6.07, 6.45) is 2.47. The molecule has 0 saturated heterocycles. The van der Waals surface area contributed by atoms with Crippen molar-refractivity contribution in [2.45, 2.75) is 29.6 Å². The molecule has 2 atom stereocenters. The van der Waals surface area contributed by atoms with E-state index in [-0.39, 0.29) is 18.2 Å². The van der Waals surface area contributed by atoms with Gasteiger partial charge < -0.3 is 14.6 Å². The van der Waals surface area contributed by atoms with E-state index >= 15 is 0 Å². The van der Waals surface area contributed by atoms with Crippen LogP contribution in [0.3, 0.4) is 0 Å². The molecule has 2 unspecified atom stereocenters. The number of rotatable bonds is 5. The number of carbonyl (C=O) groups excluding carboxylic acids is 2. The molecule has 2 aromatic heterocycles. The van der Waals surface area contributed by atoms with Crippen LogP contribution in [0.5, 0.6) is 0 Å². The normalized spacial score (nSPS) is 16.8. The Morgan fingerprint density at radius 3 is 3.00 bits per heavy atom. The topological polar surface area (TPSA) is 107 Å². The van der Waals surface area contributed by atoms with Gasteiger partial charge in [0.05, 0.1) is 17.4 Å². The van der Waals surface area contributed by atoms with Crippen LogP contribution in [0.1, 0.15) is 25.3 Å². The highest BCUT2D eigenvalue weighted by Gasteiger charge is 2.30. The van der Waals surface area contributed by atoms with Gasteiger partial charge in [-0.3, -0.25) is 14.6 Å². The maximum absolute atomic E-state index is 12.3. The van der Waals surface area contributed by atoms with Crippen molar-refractivity contribution in [3.05, 3.63) is 54.7 Å². The summed E-state index contributed by atoms with van der Waals surface area (Å²) in [5.74, 6) is -0.186. The van der Waals surface area contributed by atoms with Crippen molar-refractivity contribution in [2.75, 3.05) is 5.32 Å². The van der Waals surface area contributed by atoms with Crippen molar-refractivity contribution < 1.29 is 18.8 Å². The molecule has 28 heavy (non-hydrogen) atoms. The number of nitrogens with zero attached hydrogens (tertiary/aromatic N) is 3. The molecule has 0 spiro atoms. The summed E-state index contributed by atoms with van der Waals surface area (Å²) in [6.45, 7) is 1.64. The van der Waals surface area contributed by atoms with E-state index in [9.17, 15) is 9.59 Å². The number of ether oxygens (including phenoxy) is 1. The zero-order valence-corrected chi connectivity index (χ0v) is 15.7. The largest absolute Gasteiger partial charge is 0.452 e. The standard InChI is InChI=1S/C19H16N4O4S/c1-11(19-22-17(23-27-19)12-5-4-8-20-10-12)26-16(24)9-15-18(25)21-13-6-2-3-7-14(13)28-15/h2-8,10-11,15H,9H2,1H3,(H,21,25). The van der Waals surface area contributed by atoms with Crippen LogP contribution in [0, 0.1) is 0 Å². The van der Waals surface area contributed by atoms with Gasteiger partial charge in [0.15, 0.2) is 6.10 Å². The summed E-state index contributed by atoms with van der Waals surface area (Å²) in [5.41, 5.74) is 1.45. The lowest BCUT2D eigenvalue weighted by molar-refractivity contribution is -0.150. The Morgan fingerprint density at radius 1 is 1.32 bits per heavy atom. The van der Waals surface area contributed by atoms with Crippen LogP contribution in [0.4, 0.5) is 5.69 Å². The molecule has 1 aromatic carbocycles. The molecule has 3 aromatic rings. The Balaban J connectivity index is 1.38. The van der Waals surface area contributed by atoms with Crippen LogP contribution in [0.2, 0.25) is 0 Å². The second kappa shape index (κ2) is 7.81. The predicted molar refractivity (Wildman–Crippen MR) is 101 cm³/mol. The van der Waals surface area contributed by atoms with Crippen LogP contribution in [0.25, 0.3) is 11.4 Å². The van der Waals surface area contributed by atoms with E-state index in [0.717, 1.165) is 10.6 Å². The van der Waals surface area contributed by atoms with Crippen LogP contribution >= 0.6 is 11.8 Å². The van der Waals surface area contributed by atoms with Crippen molar-refractivity contribution in [3.63, 3.8) is 0 Å². The maximum Gasteiger partial charge on any atom is 0.308 e. The number of esters is 1. The third-order valence-electron chi connectivity index (χ3n) is 4.08. The van der Waals surface area contributed by atoms with Crippen LogP contribution in [-0.2, 0) is 14.3 Å². The molecule has 1 aliphatic rings. The van der Waals surface area contributed by atoms with Crippen molar-refractivity contribution in [2.24, 2.45) is 0 Å². The number of anilines is 1. The smallest absolute Gasteiger partial charge is 0.308 e. The highest BCUT2D eigenvalue weighted by atomic mass is 32.2. The molecule has 0 aliphatic carbocycles. The van der Waals surface area contributed by atoms with E-state index in [1.54, 1.807) is 31.5 Å². The molecule has 8 nitrogen and oxygen atoms in total. The molecule has 0 radical (unpaired) electrons. The first-order valence-electron chi connectivity index (χ1n) is 8.60. The minimum atomic E-state index is -0.727. The van der Waals surface area contributed by atoms with E-state index in [0.29, 0.717) is 11.4 Å². The fourth-order valence-electron chi connectivity index (χ4n) is 2.69. The molecule has 142 valence electrons. The molecule has 1 aliphatic heterocycles. The van der Waals surface area contributed by atoms with Crippen LogP contribution in [-0.4, -0.2) is 32.3 Å². The van der Waals surface area contributed by atoms with Gasteiger partial charge in [0.25, 0.3) is 5.89 Å². The monoisotopic (exact) mass is 396 g/mol. The fourth-order valence-corrected chi connectivity index (χ4v) is 3.78. The summed E-state index contributed by atoms with van der Waals surface area (Å²) >= 11 is 1.35. The average molecular weight is 396 g/mol. The van der Waals surface area contributed by atoms with Crippen molar-refractivity contribution in [3.8, 4) is 11.4 Å². The summed E-state index contributed by atoms with van der Waals surface area (Å²) in [6, 6.07) is 11.0. The lowest BCUT2D eigenvalue weighted by Gasteiger charge is -2.23. The van der Waals surface area contributed by atoms with Gasteiger partial charge in [-0.15, -0.1) is 11.8 Å². The van der Waals surface area contributed by atoms with Gasteiger partial charge in [-0.05, 0) is 31.2 Å². The number of para-hydroxylation sites is 1. The number of pyridine rings is 1. The van der Waals surface area contributed by atoms with E-state index in [2.05, 4.69) is 20.4 Å². The predicted octanol–water partition coefficient (Wildman–Crippen LogP) is 3.24. The highest BCUT2D eigenvalue weighted by molar-refractivity contribution is 8.01. The van der Waals surface area contributed by atoms with Gasteiger partial charge in [-0.25, -0.2) is 0 Å². The first-order valence-corrected chi connectivity index (χ1v) is 9.48. The van der Waals surface area contributed by atoms with Crippen LogP contribution < -0.4 is 5.32 Å². The second-order valence-electron chi connectivity index (χ2n) is 6.13. The third kappa shape index (κ3) is 3.89. The lowest BCUT2D eigenvalue weighted by atomic mass is 10.2. The van der Waals surface area contributed by atoms with Gasteiger partial charge in [0, 0.05) is 22.9 Å². The van der Waals surface area contributed by atoms with E-state index in [1.807, 2.05) is 24.3 Å². The minimum absolute atomic E-state index is 0.0568. The number of fused-ring (bicyclic) bond motifs is 1. The molecule has 0 saturated carbocycles. The number of hydrogen-bond donors (Lipinski definition) is 1. The molecule has 0 bridgehead atoms. The Labute approximate surface area is 164 Å². The number of amides is 1. The second-order valence-corrected chi connectivity index (χ2v) is 7.37. The zero-order chi connectivity index (χ0) is 19.5. The quantitative estimate of drug-likeness (QED) is 0.655. The van der Waals surface area contributed by atoms with E-state index in [4.69, 9.17) is 9.26 Å². The number of aromatic nitrogens is 3. The highest BCUT2D eigenvalue weighted by Crippen LogP contribution is 2.37. The molecule has 1 N–H and O–H groups in total. The first kappa shape index (κ1) is 18.2. The summed E-state index contributed by atoms with van der Waals surface area (Å²) in [4.78, 5) is 33.7.